The van der Waals surface area contributed by atoms with Gasteiger partial charge in [-0.3, -0.25) is 4.79 Å². The van der Waals surface area contributed by atoms with Gasteiger partial charge in [-0.25, -0.2) is 0 Å². The Morgan fingerprint density at radius 2 is 1.83 bits per heavy atom. The van der Waals surface area contributed by atoms with E-state index in [1.165, 1.54) is 0 Å². The Morgan fingerprint density at radius 3 is 1.83 bits per heavy atom. The van der Waals surface area contributed by atoms with Gasteiger partial charge < -0.3 is 0 Å². The molecule has 0 fully saturated rings. The van der Waals surface area contributed by atoms with Gasteiger partial charge in [-0.15, -0.1) is 0 Å². The summed E-state index contributed by atoms with van der Waals surface area (Å²) in [6.45, 7) is 0. The van der Waals surface area contributed by atoms with Crippen LogP contribution in [0, 0.1) is 0 Å². The molecule has 0 saturated carbocycles. The van der Waals surface area contributed by atoms with Crippen LogP contribution < -0.4 is 0 Å². The summed E-state index contributed by atoms with van der Waals surface area (Å²) in [5.74, 6) is 0. The Hall–Kier alpha value is -0.120. The zero-order valence-corrected chi connectivity index (χ0v) is 3.58. The van der Waals surface area contributed by atoms with E-state index in [1.54, 1.807) is 0 Å². The van der Waals surface area contributed by atoms with E-state index in [0.29, 0.717) is 0 Å². The van der Waals surface area contributed by atoms with E-state index in [4.69, 9.17) is 4.79 Å². The highest BCUT2D eigenvalue weighted by Gasteiger charge is 2.19. The van der Waals surface area contributed by atoms with Crippen molar-refractivity contribution in [2.45, 2.75) is 5.25 Å². The van der Waals surface area contributed by atoms with Gasteiger partial charge in [0.05, 0.1) is 0 Å². The number of rotatable bonds is 1. The zero-order chi connectivity index (χ0) is 5.21. The van der Waals surface area contributed by atoms with Gasteiger partial charge >= 0.3 is 5.25 Å². The molecule has 0 N–H and O–H groups in total. The van der Waals surface area contributed by atoms with Crippen molar-refractivity contribution in [1.29, 1.82) is 0 Å². The average molecular weight is 112 g/mol. The summed E-state index contributed by atoms with van der Waals surface area (Å²) >= 11 is 2.55. The fourth-order valence-corrected chi connectivity index (χ4v) is 0. The van der Waals surface area contributed by atoms with Crippen LogP contribution in [0.2, 0.25) is 0 Å². The first-order chi connectivity index (χ1) is 2.56. The molecule has 4 heteroatoms. The van der Waals surface area contributed by atoms with Crippen molar-refractivity contribution in [2.75, 3.05) is 0 Å². The van der Waals surface area contributed by atoms with Gasteiger partial charge in [-0.1, -0.05) is 12.6 Å². The highest BCUT2D eigenvalue weighted by atomic mass is 32.1. The second kappa shape index (κ2) is 1.55. The van der Waals surface area contributed by atoms with Crippen molar-refractivity contribution in [2.24, 2.45) is 0 Å². The second-order valence-electron chi connectivity index (χ2n) is 0.706. The quantitative estimate of drug-likeness (QED) is 0.390. The van der Waals surface area contributed by atoms with Crippen LogP contribution in [-0.4, -0.2) is 11.5 Å². The van der Waals surface area contributed by atoms with Crippen molar-refractivity contribution in [3.05, 3.63) is 0 Å². The molecule has 0 radical (unpaired) electrons. The first-order valence-corrected chi connectivity index (χ1v) is 1.57. The van der Waals surface area contributed by atoms with Crippen LogP contribution in [-0.2, 0) is 4.79 Å². The lowest BCUT2D eigenvalue weighted by molar-refractivity contribution is -0.119. The highest BCUT2D eigenvalue weighted by Crippen LogP contribution is 2.12. The largest absolute Gasteiger partial charge is 0.345 e. The van der Waals surface area contributed by atoms with Gasteiger partial charge in [-0.2, -0.15) is 8.78 Å². The van der Waals surface area contributed by atoms with E-state index in [1.807, 2.05) is 0 Å². The fourth-order valence-electron chi connectivity index (χ4n) is 0. The highest BCUT2D eigenvalue weighted by molar-refractivity contribution is 7.82. The third-order valence-electron chi connectivity index (χ3n) is 0.142. The molecule has 0 heterocycles. The van der Waals surface area contributed by atoms with Crippen LogP contribution in [0.15, 0.2) is 0 Å². The second-order valence-corrected chi connectivity index (χ2v) is 1.30. The molecule has 0 aliphatic carbocycles. The first-order valence-electron chi connectivity index (χ1n) is 1.13. The Bertz CT molecular complexity index is 57.1. The molecule has 0 unspecified atom stereocenters. The Morgan fingerprint density at radius 1 is 1.67 bits per heavy atom. The molecule has 0 atom stereocenters. The monoisotopic (exact) mass is 112 g/mol. The SMILES string of the molecule is O=CC(F)(F)S. The lowest BCUT2D eigenvalue weighted by Crippen LogP contribution is -2.05. The standard InChI is InChI=1S/C2H2F2OS/c3-2(4,6)1-5/h1,6H. The number of alkyl halides is 2. The molecular weight excluding hydrogens is 110 g/mol. The fraction of sp³-hybridized carbons (Fsp3) is 0.500. The summed E-state index contributed by atoms with van der Waals surface area (Å²) in [5, 5.41) is -3.44. The van der Waals surface area contributed by atoms with E-state index in [9.17, 15) is 8.78 Å². The maximum atomic E-state index is 10.9. The van der Waals surface area contributed by atoms with Gasteiger partial charge in [0.2, 0.25) is 0 Å². The van der Waals surface area contributed by atoms with Gasteiger partial charge in [0.15, 0.2) is 6.29 Å². The molecule has 1 nitrogen and oxygen atoms in total. The summed E-state index contributed by atoms with van der Waals surface area (Å²) in [7, 11) is 0. The number of aldehydes is 1. The Balaban J connectivity index is 3.45. The topological polar surface area (TPSA) is 17.1 Å². The normalized spacial score (nSPS) is 11.2. The van der Waals surface area contributed by atoms with E-state index in [2.05, 4.69) is 12.6 Å². The summed E-state index contributed by atoms with van der Waals surface area (Å²) in [4.78, 5) is 9.00. The van der Waals surface area contributed by atoms with Crippen molar-refractivity contribution in [3.8, 4) is 0 Å². The summed E-state index contributed by atoms with van der Waals surface area (Å²) in [6, 6.07) is 0. The van der Waals surface area contributed by atoms with Gasteiger partial charge in [-0.05, 0) is 0 Å². The number of carbonyl (C=O) groups is 1. The minimum absolute atomic E-state index is 0.532. The molecule has 0 spiro atoms. The van der Waals surface area contributed by atoms with Crippen LogP contribution in [0.3, 0.4) is 0 Å². The van der Waals surface area contributed by atoms with Crippen molar-refractivity contribution < 1.29 is 13.6 Å². The van der Waals surface area contributed by atoms with Crippen molar-refractivity contribution in [3.63, 3.8) is 0 Å². The van der Waals surface area contributed by atoms with Crippen LogP contribution in [0.25, 0.3) is 0 Å². The number of hydrogen-bond donors (Lipinski definition) is 1. The lowest BCUT2D eigenvalue weighted by atomic mass is 10.8. The molecule has 0 aliphatic heterocycles. The molecule has 36 valence electrons. The molecule has 0 aromatic carbocycles. The molecule has 0 aliphatic rings. The molecule has 0 aromatic rings. The number of thiol groups is 1. The predicted molar refractivity (Wildman–Crippen MR) is 20.0 cm³/mol. The van der Waals surface area contributed by atoms with E-state index in [0.717, 1.165) is 0 Å². The predicted octanol–water partition coefficient (Wildman–Crippen LogP) is 0.708. The third-order valence-corrected chi connectivity index (χ3v) is 0.247. The third kappa shape index (κ3) is 3.88. The van der Waals surface area contributed by atoms with Gasteiger partial charge in [0.1, 0.15) is 0 Å². The zero-order valence-electron chi connectivity index (χ0n) is 2.69. The van der Waals surface area contributed by atoms with E-state index in [-0.39, 0.29) is 0 Å². The molecule has 0 rings (SSSR count). The smallest absolute Gasteiger partial charge is 0.296 e. The number of carbonyl (C=O) groups excluding carboxylic acids is 1. The molecule has 0 bridgehead atoms. The van der Waals surface area contributed by atoms with Crippen LogP contribution in [0.5, 0.6) is 0 Å². The molecule has 0 amide bonds. The summed E-state index contributed by atoms with van der Waals surface area (Å²) in [6.07, 6.45) is -0.532. The minimum atomic E-state index is -3.44. The van der Waals surface area contributed by atoms with Gasteiger partial charge in [0.25, 0.3) is 0 Å². The Kier molecular flexibility index (Phi) is 1.52. The Labute approximate surface area is 38.8 Å². The van der Waals surface area contributed by atoms with Crippen molar-refractivity contribution in [1.82, 2.24) is 0 Å². The minimum Gasteiger partial charge on any atom is -0.296 e. The summed E-state index contributed by atoms with van der Waals surface area (Å²) in [5.41, 5.74) is 0. The molecular formula is C2H2F2OS. The van der Waals surface area contributed by atoms with Gasteiger partial charge in [0, 0.05) is 0 Å². The molecule has 0 saturated heterocycles. The van der Waals surface area contributed by atoms with Crippen LogP contribution in [0.1, 0.15) is 0 Å². The van der Waals surface area contributed by atoms with Crippen molar-refractivity contribution >= 4 is 18.9 Å². The first kappa shape index (κ1) is 5.88. The van der Waals surface area contributed by atoms with Crippen LogP contribution >= 0.6 is 12.6 Å². The number of hydrogen-bond acceptors (Lipinski definition) is 2. The maximum absolute atomic E-state index is 10.9. The lowest BCUT2D eigenvalue weighted by Gasteiger charge is -1.91. The molecule has 6 heavy (non-hydrogen) atoms. The maximum Gasteiger partial charge on any atom is 0.345 e. The molecule has 0 aromatic heterocycles. The number of halogens is 2. The van der Waals surface area contributed by atoms with E-state index >= 15 is 0 Å². The van der Waals surface area contributed by atoms with E-state index < -0.39 is 11.5 Å². The average Bonchev–Trinajstić information content (AvgIpc) is 1.35. The summed E-state index contributed by atoms with van der Waals surface area (Å²) < 4.78 is 21.9. The van der Waals surface area contributed by atoms with Crippen LogP contribution in [0.4, 0.5) is 8.78 Å².